The number of carbonyl (C=O) groups is 1. The molecule has 0 fully saturated rings. The van der Waals surface area contributed by atoms with Crippen LogP contribution in [0.4, 0.5) is 0 Å². The predicted molar refractivity (Wildman–Crippen MR) is 84.2 cm³/mol. The van der Waals surface area contributed by atoms with Crippen LogP contribution in [-0.4, -0.2) is 30.7 Å². The van der Waals surface area contributed by atoms with Gasteiger partial charge in [0.1, 0.15) is 11.8 Å². The standard InChI is InChI=1S/C17H19N3O2/c1-12-5-4-6-15(13(12)2)20-9-7-14(11-18)16(20)17(21)19-8-10-22-3/h4-7,9H,8,10H2,1-3H3,(H,19,21). The van der Waals surface area contributed by atoms with E-state index in [1.165, 1.54) is 0 Å². The number of hydrogen-bond donors (Lipinski definition) is 1. The van der Waals surface area contributed by atoms with Gasteiger partial charge in [-0.25, -0.2) is 0 Å². The fourth-order valence-corrected chi connectivity index (χ4v) is 2.30. The number of aryl methyl sites for hydroxylation is 1. The van der Waals surface area contributed by atoms with Crippen LogP contribution in [0.5, 0.6) is 0 Å². The molecule has 1 heterocycles. The van der Waals surface area contributed by atoms with Crippen molar-refractivity contribution in [2.45, 2.75) is 13.8 Å². The Kier molecular flexibility index (Phi) is 4.97. The quantitative estimate of drug-likeness (QED) is 0.861. The van der Waals surface area contributed by atoms with Crippen LogP contribution >= 0.6 is 0 Å². The molecule has 5 nitrogen and oxygen atoms in total. The molecular weight excluding hydrogens is 278 g/mol. The van der Waals surface area contributed by atoms with Gasteiger partial charge < -0.3 is 14.6 Å². The van der Waals surface area contributed by atoms with E-state index in [0.717, 1.165) is 16.8 Å². The van der Waals surface area contributed by atoms with Gasteiger partial charge in [-0.1, -0.05) is 12.1 Å². The Morgan fingerprint density at radius 2 is 2.14 bits per heavy atom. The van der Waals surface area contributed by atoms with E-state index in [2.05, 4.69) is 11.4 Å². The van der Waals surface area contributed by atoms with Crippen molar-refractivity contribution in [3.8, 4) is 11.8 Å². The Balaban J connectivity index is 2.46. The SMILES string of the molecule is COCCNC(=O)c1c(C#N)ccn1-c1cccc(C)c1C. The number of aromatic nitrogens is 1. The first kappa shape index (κ1) is 15.8. The van der Waals surface area contributed by atoms with E-state index in [-0.39, 0.29) is 5.91 Å². The molecule has 1 N–H and O–H groups in total. The number of rotatable bonds is 5. The number of hydrogen-bond acceptors (Lipinski definition) is 3. The minimum atomic E-state index is -0.278. The summed E-state index contributed by atoms with van der Waals surface area (Å²) in [6, 6.07) is 9.64. The second-order valence-corrected chi connectivity index (χ2v) is 5.03. The number of benzene rings is 1. The Morgan fingerprint density at radius 1 is 1.36 bits per heavy atom. The summed E-state index contributed by atoms with van der Waals surface area (Å²) in [4.78, 5) is 12.4. The summed E-state index contributed by atoms with van der Waals surface area (Å²) >= 11 is 0. The van der Waals surface area contributed by atoms with Crippen LogP contribution < -0.4 is 5.32 Å². The smallest absolute Gasteiger partial charge is 0.269 e. The van der Waals surface area contributed by atoms with Gasteiger partial charge in [-0.3, -0.25) is 4.79 Å². The highest BCUT2D eigenvalue weighted by Crippen LogP contribution is 2.22. The van der Waals surface area contributed by atoms with Gasteiger partial charge in [-0.2, -0.15) is 5.26 Å². The molecule has 0 saturated carbocycles. The Morgan fingerprint density at radius 3 is 2.82 bits per heavy atom. The maximum Gasteiger partial charge on any atom is 0.269 e. The highest BCUT2D eigenvalue weighted by molar-refractivity contribution is 5.96. The molecule has 0 aliphatic heterocycles. The second-order valence-electron chi connectivity index (χ2n) is 5.03. The van der Waals surface area contributed by atoms with Crippen molar-refractivity contribution in [3.63, 3.8) is 0 Å². The Labute approximate surface area is 130 Å². The lowest BCUT2D eigenvalue weighted by Crippen LogP contribution is -2.29. The van der Waals surface area contributed by atoms with Crippen molar-refractivity contribution in [2.24, 2.45) is 0 Å². The lowest BCUT2D eigenvalue weighted by Gasteiger charge is -2.14. The summed E-state index contributed by atoms with van der Waals surface area (Å²) in [7, 11) is 1.58. The maximum absolute atomic E-state index is 12.4. The van der Waals surface area contributed by atoms with Gasteiger partial charge in [0.15, 0.2) is 0 Å². The molecule has 0 bridgehead atoms. The van der Waals surface area contributed by atoms with E-state index in [0.29, 0.717) is 24.4 Å². The van der Waals surface area contributed by atoms with Gasteiger partial charge in [-0.05, 0) is 37.1 Å². The van der Waals surface area contributed by atoms with Crippen LogP contribution in [0.3, 0.4) is 0 Å². The summed E-state index contributed by atoms with van der Waals surface area (Å²) in [5, 5.41) is 12.0. The number of nitrogens with one attached hydrogen (secondary N) is 1. The van der Waals surface area contributed by atoms with Crippen LogP contribution in [0.25, 0.3) is 5.69 Å². The number of amides is 1. The summed E-state index contributed by atoms with van der Waals surface area (Å²) in [5.41, 5.74) is 3.82. The van der Waals surface area contributed by atoms with Crippen molar-refractivity contribution >= 4 is 5.91 Å². The molecule has 22 heavy (non-hydrogen) atoms. The van der Waals surface area contributed by atoms with Crippen molar-refractivity contribution in [1.82, 2.24) is 9.88 Å². The van der Waals surface area contributed by atoms with Crippen molar-refractivity contribution in [3.05, 3.63) is 52.8 Å². The molecule has 1 aromatic heterocycles. The van der Waals surface area contributed by atoms with E-state index >= 15 is 0 Å². The third-order valence-electron chi connectivity index (χ3n) is 3.65. The highest BCUT2D eigenvalue weighted by Gasteiger charge is 2.19. The highest BCUT2D eigenvalue weighted by atomic mass is 16.5. The summed E-state index contributed by atoms with van der Waals surface area (Å²) in [5.74, 6) is -0.278. The van der Waals surface area contributed by atoms with Crippen molar-refractivity contribution in [2.75, 3.05) is 20.3 Å². The van der Waals surface area contributed by atoms with E-state index in [1.807, 2.05) is 32.0 Å². The van der Waals surface area contributed by atoms with E-state index in [4.69, 9.17) is 4.74 Å². The van der Waals surface area contributed by atoms with Gasteiger partial charge in [0.25, 0.3) is 5.91 Å². The maximum atomic E-state index is 12.4. The number of carbonyl (C=O) groups excluding carboxylic acids is 1. The molecule has 114 valence electrons. The summed E-state index contributed by atoms with van der Waals surface area (Å²) in [6.07, 6.45) is 1.76. The van der Waals surface area contributed by atoms with Crippen LogP contribution in [0.2, 0.25) is 0 Å². The van der Waals surface area contributed by atoms with Gasteiger partial charge in [0.05, 0.1) is 12.2 Å². The monoisotopic (exact) mass is 297 g/mol. The largest absolute Gasteiger partial charge is 0.383 e. The third kappa shape index (κ3) is 3.02. The molecule has 0 radical (unpaired) electrons. The number of nitrogens with zero attached hydrogens (tertiary/aromatic N) is 2. The zero-order valence-electron chi connectivity index (χ0n) is 13.0. The molecule has 0 saturated heterocycles. The van der Waals surface area contributed by atoms with E-state index < -0.39 is 0 Å². The van der Waals surface area contributed by atoms with Crippen molar-refractivity contribution in [1.29, 1.82) is 5.26 Å². The molecule has 2 rings (SSSR count). The Hall–Kier alpha value is -2.58. The first-order valence-corrected chi connectivity index (χ1v) is 7.05. The van der Waals surface area contributed by atoms with Crippen LogP contribution in [0, 0.1) is 25.2 Å². The molecule has 1 amide bonds. The fourth-order valence-electron chi connectivity index (χ4n) is 2.30. The first-order chi connectivity index (χ1) is 10.6. The Bertz CT molecular complexity index is 726. The number of ether oxygens (including phenoxy) is 1. The number of methoxy groups -OCH3 is 1. The zero-order valence-corrected chi connectivity index (χ0v) is 13.0. The minimum Gasteiger partial charge on any atom is -0.383 e. The first-order valence-electron chi connectivity index (χ1n) is 7.05. The topological polar surface area (TPSA) is 67.0 Å². The van der Waals surface area contributed by atoms with Crippen molar-refractivity contribution < 1.29 is 9.53 Å². The molecule has 0 aliphatic rings. The molecule has 0 atom stereocenters. The molecule has 5 heteroatoms. The minimum absolute atomic E-state index is 0.278. The molecule has 0 aliphatic carbocycles. The molecule has 0 spiro atoms. The summed E-state index contributed by atoms with van der Waals surface area (Å²) < 4.78 is 6.70. The van der Waals surface area contributed by atoms with Gasteiger partial charge in [0, 0.05) is 25.5 Å². The predicted octanol–water partition coefficient (Wildman–Crippen LogP) is 2.34. The molecule has 2 aromatic rings. The van der Waals surface area contributed by atoms with Gasteiger partial charge >= 0.3 is 0 Å². The lowest BCUT2D eigenvalue weighted by molar-refractivity contribution is 0.0930. The van der Waals surface area contributed by atoms with Gasteiger partial charge in [0.2, 0.25) is 0 Å². The zero-order chi connectivity index (χ0) is 16.1. The molecular formula is C17H19N3O2. The average Bonchev–Trinajstić information content (AvgIpc) is 2.94. The molecule has 1 aromatic carbocycles. The third-order valence-corrected chi connectivity index (χ3v) is 3.65. The normalized spacial score (nSPS) is 10.3. The lowest BCUT2D eigenvalue weighted by atomic mass is 10.1. The van der Waals surface area contributed by atoms with E-state index in [1.54, 1.807) is 23.9 Å². The fraction of sp³-hybridized carbons (Fsp3) is 0.294. The van der Waals surface area contributed by atoms with Crippen LogP contribution in [-0.2, 0) is 4.74 Å². The number of nitriles is 1. The summed E-state index contributed by atoms with van der Waals surface area (Å²) in [6.45, 7) is 4.85. The van der Waals surface area contributed by atoms with E-state index in [9.17, 15) is 10.1 Å². The van der Waals surface area contributed by atoms with Crippen LogP contribution in [0.15, 0.2) is 30.5 Å². The molecule has 0 unspecified atom stereocenters. The van der Waals surface area contributed by atoms with Gasteiger partial charge in [-0.15, -0.1) is 0 Å². The second kappa shape index (κ2) is 6.92. The average molecular weight is 297 g/mol. The van der Waals surface area contributed by atoms with Crippen LogP contribution in [0.1, 0.15) is 27.2 Å².